The first kappa shape index (κ1) is 18.3. The molecule has 3 aliphatic heterocycles. The molecule has 2 bridgehead atoms. The van der Waals surface area contributed by atoms with Crippen LogP contribution in [-0.2, 0) is 11.0 Å². The number of fused-ring (bicyclic) bond motifs is 2. The maximum absolute atomic E-state index is 13.3. The summed E-state index contributed by atoms with van der Waals surface area (Å²) in [5.74, 6) is -0.726. The molecule has 8 heteroatoms. The number of piperidine rings is 1. The number of carbonyl (C=O) groups is 2. The Morgan fingerprint density at radius 3 is 2.44 bits per heavy atom. The summed E-state index contributed by atoms with van der Waals surface area (Å²) in [5, 5.41) is 6.36. The largest absolute Gasteiger partial charge is 0.416 e. The Morgan fingerprint density at radius 2 is 1.85 bits per heavy atom. The van der Waals surface area contributed by atoms with Gasteiger partial charge in [0.2, 0.25) is 5.91 Å². The first-order valence-electron chi connectivity index (χ1n) is 9.39. The summed E-state index contributed by atoms with van der Waals surface area (Å²) in [4.78, 5) is 26.0. The molecule has 2 atom stereocenters. The summed E-state index contributed by atoms with van der Waals surface area (Å²) >= 11 is 0. The van der Waals surface area contributed by atoms with Crippen LogP contribution in [0.15, 0.2) is 18.2 Å². The second kappa shape index (κ2) is 6.82. The van der Waals surface area contributed by atoms with Crippen LogP contribution in [0.25, 0.3) is 0 Å². The number of amides is 2. The van der Waals surface area contributed by atoms with Crippen molar-refractivity contribution in [1.29, 1.82) is 0 Å². The number of hydrogen-bond acceptors (Lipinski definition) is 3. The van der Waals surface area contributed by atoms with E-state index in [0.29, 0.717) is 31.5 Å². The van der Waals surface area contributed by atoms with Crippen LogP contribution < -0.4 is 15.5 Å². The van der Waals surface area contributed by atoms with Gasteiger partial charge < -0.3 is 15.5 Å². The summed E-state index contributed by atoms with van der Waals surface area (Å²) in [6, 6.07) is 3.91. The zero-order valence-corrected chi connectivity index (χ0v) is 14.8. The Bertz CT molecular complexity index is 753. The third kappa shape index (κ3) is 3.81. The Hall–Kier alpha value is -2.09. The maximum atomic E-state index is 13.3. The van der Waals surface area contributed by atoms with Gasteiger partial charge in [0.05, 0.1) is 5.56 Å². The van der Waals surface area contributed by atoms with Crippen molar-refractivity contribution in [3.8, 4) is 0 Å². The van der Waals surface area contributed by atoms with Crippen molar-refractivity contribution in [2.75, 3.05) is 11.4 Å². The summed E-state index contributed by atoms with van der Waals surface area (Å²) < 4.78 is 40.0. The Labute approximate surface area is 155 Å². The van der Waals surface area contributed by atoms with E-state index < -0.39 is 17.6 Å². The minimum Gasteiger partial charge on any atom is -0.349 e. The monoisotopic (exact) mass is 381 g/mol. The molecule has 27 heavy (non-hydrogen) atoms. The predicted octanol–water partition coefficient (Wildman–Crippen LogP) is 2.85. The van der Waals surface area contributed by atoms with Gasteiger partial charge in [0.15, 0.2) is 0 Å². The minimum absolute atomic E-state index is 0.0392. The second-order valence-corrected chi connectivity index (χ2v) is 7.69. The van der Waals surface area contributed by atoms with Gasteiger partial charge in [-0.1, -0.05) is 0 Å². The number of hydrogen-bond donors (Lipinski definition) is 2. The van der Waals surface area contributed by atoms with Crippen LogP contribution in [-0.4, -0.2) is 36.5 Å². The quantitative estimate of drug-likeness (QED) is 0.847. The van der Waals surface area contributed by atoms with Gasteiger partial charge in [0.25, 0.3) is 5.91 Å². The smallest absolute Gasteiger partial charge is 0.349 e. The molecule has 0 aliphatic carbocycles. The Kier molecular flexibility index (Phi) is 4.61. The Balaban J connectivity index is 1.58. The third-order valence-electron chi connectivity index (χ3n) is 5.70. The number of halogens is 3. The van der Waals surface area contributed by atoms with Gasteiger partial charge in [-0.05, 0) is 50.3 Å². The molecule has 4 rings (SSSR count). The third-order valence-corrected chi connectivity index (χ3v) is 5.70. The fourth-order valence-electron chi connectivity index (χ4n) is 4.43. The van der Waals surface area contributed by atoms with Crippen LogP contribution in [0, 0.1) is 0 Å². The van der Waals surface area contributed by atoms with E-state index in [1.807, 2.05) is 0 Å². The van der Waals surface area contributed by atoms with Crippen molar-refractivity contribution in [1.82, 2.24) is 10.6 Å². The van der Waals surface area contributed by atoms with Gasteiger partial charge in [-0.15, -0.1) is 0 Å². The van der Waals surface area contributed by atoms with Crippen molar-refractivity contribution in [2.45, 2.75) is 62.8 Å². The van der Waals surface area contributed by atoms with E-state index in [4.69, 9.17) is 0 Å². The number of anilines is 1. The fraction of sp³-hybridized carbons (Fsp3) is 0.579. The van der Waals surface area contributed by atoms with Crippen LogP contribution >= 0.6 is 0 Å². The highest BCUT2D eigenvalue weighted by atomic mass is 19.4. The minimum atomic E-state index is -4.58. The van der Waals surface area contributed by atoms with Crippen LogP contribution in [0.2, 0.25) is 0 Å². The van der Waals surface area contributed by atoms with Crippen LogP contribution in [0.5, 0.6) is 0 Å². The average molecular weight is 381 g/mol. The first-order valence-corrected chi connectivity index (χ1v) is 9.39. The van der Waals surface area contributed by atoms with Crippen molar-refractivity contribution in [2.24, 2.45) is 0 Å². The van der Waals surface area contributed by atoms with E-state index in [0.717, 1.165) is 37.8 Å². The van der Waals surface area contributed by atoms with Crippen LogP contribution in [0.4, 0.5) is 18.9 Å². The second-order valence-electron chi connectivity index (χ2n) is 7.69. The first-order chi connectivity index (χ1) is 12.8. The highest BCUT2D eigenvalue weighted by Gasteiger charge is 2.36. The van der Waals surface area contributed by atoms with Gasteiger partial charge in [0.1, 0.15) is 0 Å². The molecule has 2 unspecified atom stereocenters. The number of benzene rings is 1. The lowest BCUT2D eigenvalue weighted by molar-refractivity contribution is -0.137. The van der Waals surface area contributed by atoms with Gasteiger partial charge in [0, 0.05) is 42.3 Å². The van der Waals surface area contributed by atoms with Gasteiger partial charge >= 0.3 is 6.18 Å². The van der Waals surface area contributed by atoms with E-state index in [9.17, 15) is 22.8 Å². The molecule has 146 valence electrons. The summed E-state index contributed by atoms with van der Waals surface area (Å²) in [7, 11) is 0. The topological polar surface area (TPSA) is 61.4 Å². The molecule has 2 N–H and O–H groups in total. The summed E-state index contributed by atoms with van der Waals surface area (Å²) in [6.07, 6.45) is 0.0622. The van der Waals surface area contributed by atoms with Crippen molar-refractivity contribution in [3.63, 3.8) is 0 Å². The molecule has 3 aliphatic rings. The zero-order valence-electron chi connectivity index (χ0n) is 14.8. The molecule has 3 fully saturated rings. The van der Waals surface area contributed by atoms with Gasteiger partial charge in [-0.2, -0.15) is 13.2 Å². The molecule has 2 amide bonds. The fourth-order valence-corrected chi connectivity index (χ4v) is 4.43. The number of nitrogens with one attached hydrogen (secondary N) is 2. The number of rotatable bonds is 3. The summed E-state index contributed by atoms with van der Waals surface area (Å²) in [5.41, 5.74) is -0.816. The highest BCUT2D eigenvalue weighted by Crippen LogP contribution is 2.34. The van der Waals surface area contributed by atoms with E-state index >= 15 is 0 Å². The maximum Gasteiger partial charge on any atom is 0.416 e. The van der Waals surface area contributed by atoms with Crippen molar-refractivity contribution >= 4 is 17.5 Å². The Morgan fingerprint density at radius 1 is 1.15 bits per heavy atom. The lowest BCUT2D eigenvalue weighted by Crippen LogP contribution is -2.48. The van der Waals surface area contributed by atoms with E-state index in [2.05, 4.69) is 10.6 Å². The van der Waals surface area contributed by atoms with Crippen LogP contribution in [0.1, 0.15) is 54.4 Å². The molecule has 0 saturated carbocycles. The predicted molar refractivity (Wildman–Crippen MR) is 93.5 cm³/mol. The van der Waals surface area contributed by atoms with E-state index in [1.165, 1.54) is 11.0 Å². The molecule has 1 aromatic rings. The molecule has 0 spiro atoms. The number of carbonyl (C=O) groups excluding carboxylic acids is 2. The molecule has 3 heterocycles. The van der Waals surface area contributed by atoms with Crippen molar-refractivity contribution < 1.29 is 22.8 Å². The SMILES string of the molecule is O=C(NC1CC2CCC(C1)N2)c1cc(N2CCCC2=O)cc(C(F)(F)F)c1. The zero-order chi connectivity index (χ0) is 19.2. The lowest BCUT2D eigenvalue weighted by atomic mass is 9.99. The summed E-state index contributed by atoms with van der Waals surface area (Å²) in [6.45, 7) is 0.374. The normalized spacial score (nSPS) is 27.9. The highest BCUT2D eigenvalue weighted by molar-refractivity contribution is 5.99. The van der Waals surface area contributed by atoms with E-state index in [-0.39, 0.29) is 23.2 Å². The van der Waals surface area contributed by atoms with Gasteiger partial charge in [-0.25, -0.2) is 0 Å². The molecule has 0 aromatic heterocycles. The number of alkyl halides is 3. The van der Waals surface area contributed by atoms with Crippen molar-refractivity contribution in [3.05, 3.63) is 29.3 Å². The average Bonchev–Trinajstić information content (AvgIpc) is 3.18. The molecule has 1 aromatic carbocycles. The van der Waals surface area contributed by atoms with Crippen LogP contribution in [0.3, 0.4) is 0 Å². The molecule has 0 radical (unpaired) electrons. The standard InChI is InChI=1S/C19H22F3N3O2/c20-19(21,22)12-6-11(7-16(8-12)25-5-1-2-17(25)26)18(27)24-15-9-13-3-4-14(10-15)23-13/h6-8,13-15,23H,1-5,9-10H2,(H,24,27). The molecule has 3 saturated heterocycles. The molecular weight excluding hydrogens is 359 g/mol. The molecule has 5 nitrogen and oxygen atoms in total. The van der Waals surface area contributed by atoms with E-state index in [1.54, 1.807) is 0 Å². The molecular formula is C19H22F3N3O2. The van der Waals surface area contributed by atoms with Gasteiger partial charge in [-0.3, -0.25) is 9.59 Å². The lowest BCUT2D eigenvalue weighted by Gasteiger charge is -2.30. The number of nitrogens with zero attached hydrogens (tertiary/aromatic N) is 1.